The molecule has 27 heavy (non-hydrogen) atoms. The summed E-state index contributed by atoms with van der Waals surface area (Å²) in [7, 11) is 0. The molecule has 1 aliphatic carbocycles. The summed E-state index contributed by atoms with van der Waals surface area (Å²) < 4.78 is 6.83. The van der Waals surface area contributed by atoms with Crippen LogP contribution in [0.2, 0.25) is 10.0 Å². The van der Waals surface area contributed by atoms with Crippen LogP contribution in [0.15, 0.2) is 18.2 Å². The van der Waals surface area contributed by atoms with Crippen molar-refractivity contribution in [3.8, 4) is 5.69 Å². The lowest BCUT2D eigenvalue weighted by Gasteiger charge is -2.08. The number of carbonyl (C=O) groups excluding carboxylic acids is 2. The summed E-state index contributed by atoms with van der Waals surface area (Å²) in [6.45, 7) is 4.05. The van der Waals surface area contributed by atoms with E-state index in [2.05, 4.69) is 10.4 Å². The van der Waals surface area contributed by atoms with Gasteiger partial charge in [-0.2, -0.15) is 5.10 Å². The number of halogens is 2. The second-order valence-corrected chi connectivity index (χ2v) is 7.55. The van der Waals surface area contributed by atoms with Gasteiger partial charge in [-0.1, -0.05) is 23.2 Å². The Kier molecular flexibility index (Phi) is 6.07. The van der Waals surface area contributed by atoms with Gasteiger partial charge in [-0.05, 0) is 50.8 Å². The first-order chi connectivity index (χ1) is 12.8. The third-order valence-electron chi connectivity index (χ3n) is 4.53. The van der Waals surface area contributed by atoms with Crippen molar-refractivity contribution in [2.45, 2.75) is 33.1 Å². The molecule has 144 valence electrons. The Morgan fingerprint density at radius 2 is 2.00 bits per heavy atom. The standard InChI is InChI=1S/C19H21Cl2N3O3/c1-11-15(8-18(25)22-9-19(26)27-10-13-3-4-13)12(2)24(23-11)14-5-6-16(20)17(21)7-14/h5-7,13H,3-4,8-10H2,1-2H3,(H,22,25). The lowest BCUT2D eigenvalue weighted by molar-refractivity contribution is -0.144. The van der Waals surface area contributed by atoms with E-state index in [1.165, 1.54) is 0 Å². The minimum atomic E-state index is -0.407. The molecule has 0 radical (unpaired) electrons. The first-order valence-corrected chi connectivity index (χ1v) is 9.53. The van der Waals surface area contributed by atoms with E-state index in [9.17, 15) is 9.59 Å². The van der Waals surface area contributed by atoms with Gasteiger partial charge in [0.2, 0.25) is 5.91 Å². The van der Waals surface area contributed by atoms with Gasteiger partial charge in [0.05, 0.1) is 34.5 Å². The Balaban J connectivity index is 1.62. The molecule has 1 saturated carbocycles. The lowest BCUT2D eigenvalue weighted by Crippen LogP contribution is -2.32. The molecule has 8 heteroatoms. The van der Waals surface area contributed by atoms with Gasteiger partial charge in [0.15, 0.2) is 0 Å². The number of ether oxygens (including phenoxy) is 1. The average Bonchev–Trinajstić information content (AvgIpc) is 3.42. The van der Waals surface area contributed by atoms with Gasteiger partial charge in [0, 0.05) is 11.3 Å². The second kappa shape index (κ2) is 8.31. The van der Waals surface area contributed by atoms with Gasteiger partial charge < -0.3 is 10.1 Å². The summed E-state index contributed by atoms with van der Waals surface area (Å²) in [6, 6.07) is 5.24. The van der Waals surface area contributed by atoms with E-state index >= 15 is 0 Å². The lowest BCUT2D eigenvalue weighted by atomic mass is 10.1. The highest BCUT2D eigenvalue weighted by molar-refractivity contribution is 6.42. The molecule has 1 aliphatic rings. The number of nitrogens with zero attached hydrogens (tertiary/aromatic N) is 2. The van der Waals surface area contributed by atoms with Gasteiger partial charge in [-0.25, -0.2) is 4.68 Å². The van der Waals surface area contributed by atoms with E-state index < -0.39 is 5.97 Å². The van der Waals surface area contributed by atoms with Gasteiger partial charge in [-0.3, -0.25) is 9.59 Å². The molecule has 0 unspecified atom stereocenters. The number of aromatic nitrogens is 2. The van der Waals surface area contributed by atoms with Crippen LogP contribution in [0.5, 0.6) is 0 Å². The summed E-state index contributed by atoms with van der Waals surface area (Å²) in [5.74, 6) is -0.157. The fraction of sp³-hybridized carbons (Fsp3) is 0.421. The van der Waals surface area contributed by atoms with E-state index in [-0.39, 0.29) is 18.9 Å². The molecule has 1 fully saturated rings. The highest BCUT2D eigenvalue weighted by atomic mass is 35.5. The third-order valence-corrected chi connectivity index (χ3v) is 5.27. The van der Waals surface area contributed by atoms with Crippen LogP contribution in [0.1, 0.15) is 29.8 Å². The summed E-state index contributed by atoms with van der Waals surface area (Å²) >= 11 is 12.1. The van der Waals surface area contributed by atoms with E-state index in [0.717, 1.165) is 35.5 Å². The van der Waals surface area contributed by atoms with Gasteiger partial charge in [0.1, 0.15) is 6.54 Å². The summed E-state index contributed by atoms with van der Waals surface area (Å²) in [5.41, 5.74) is 3.15. The Hall–Kier alpha value is -2.05. The van der Waals surface area contributed by atoms with Crippen molar-refractivity contribution in [2.24, 2.45) is 5.92 Å². The Bertz CT molecular complexity index is 875. The maximum atomic E-state index is 12.2. The molecule has 0 bridgehead atoms. The fourth-order valence-corrected chi connectivity index (χ4v) is 3.03. The maximum Gasteiger partial charge on any atom is 0.325 e. The summed E-state index contributed by atoms with van der Waals surface area (Å²) in [5, 5.41) is 8.01. The fourth-order valence-electron chi connectivity index (χ4n) is 2.74. The SMILES string of the molecule is Cc1nn(-c2ccc(Cl)c(Cl)c2)c(C)c1CC(=O)NCC(=O)OCC1CC1. The summed E-state index contributed by atoms with van der Waals surface area (Å²) in [4.78, 5) is 23.9. The number of hydrogen-bond donors (Lipinski definition) is 1. The zero-order valence-electron chi connectivity index (χ0n) is 15.2. The zero-order chi connectivity index (χ0) is 19.6. The van der Waals surface area contributed by atoms with Crippen LogP contribution < -0.4 is 5.32 Å². The summed E-state index contributed by atoms with van der Waals surface area (Å²) in [6.07, 6.45) is 2.36. The number of carbonyl (C=O) groups is 2. The Morgan fingerprint density at radius 1 is 1.26 bits per heavy atom. The highest BCUT2D eigenvalue weighted by Crippen LogP contribution is 2.28. The van der Waals surface area contributed by atoms with Crippen LogP contribution in [0, 0.1) is 19.8 Å². The number of benzene rings is 1. The molecule has 0 spiro atoms. The van der Waals surface area contributed by atoms with Crippen LogP contribution in [0.25, 0.3) is 5.69 Å². The Labute approximate surface area is 167 Å². The quantitative estimate of drug-likeness (QED) is 0.711. The van der Waals surface area contributed by atoms with Crippen molar-refractivity contribution < 1.29 is 14.3 Å². The smallest absolute Gasteiger partial charge is 0.325 e. The van der Waals surface area contributed by atoms with Crippen LogP contribution in [-0.4, -0.2) is 34.8 Å². The van der Waals surface area contributed by atoms with Crippen molar-refractivity contribution in [3.05, 3.63) is 45.2 Å². The normalized spacial score (nSPS) is 13.5. The molecule has 1 N–H and O–H groups in total. The number of nitrogens with one attached hydrogen (secondary N) is 1. The predicted octanol–water partition coefficient (Wildman–Crippen LogP) is 3.41. The Morgan fingerprint density at radius 3 is 2.67 bits per heavy atom. The second-order valence-electron chi connectivity index (χ2n) is 6.74. The van der Waals surface area contributed by atoms with Crippen LogP contribution in [0.3, 0.4) is 0 Å². The molecule has 0 aliphatic heterocycles. The number of rotatable bonds is 7. The minimum Gasteiger partial charge on any atom is -0.464 e. The van der Waals surface area contributed by atoms with Crippen LogP contribution >= 0.6 is 23.2 Å². The molecule has 0 atom stereocenters. The van der Waals surface area contributed by atoms with Crippen LogP contribution in [-0.2, 0) is 20.7 Å². The zero-order valence-corrected chi connectivity index (χ0v) is 16.7. The predicted molar refractivity (Wildman–Crippen MR) is 103 cm³/mol. The van der Waals surface area contributed by atoms with Crippen molar-refractivity contribution >= 4 is 35.1 Å². The monoisotopic (exact) mass is 409 g/mol. The van der Waals surface area contributed by atoms with E-state index in [0.29, 0.717) is 22.6 Å². The van der Waals surface area contributed by atoms with Gasteiger partial charge in [0.25, 0.3) is 0 Å². The largest absolute Gasteiger partial charge is 0.464 e. The van der Waals surface area contributed by atoms with Crippen molar-refractivity contribution in [3.63, 3.8) is 0 Å². The number of aryl methyl sites for hydroxylation is 1. The van der Waals surface area contributed by atoms with Gasteiger partial charge in [-0.15, -0.1) is 0 Å². The highest BCUT2D eigenvalue weighted by Gasteiger charge is 2.23. The van der Waals surface area contributed by atoms with Crippen LogP contribution in [0.4, 0.5) is 0 Å². The van der Waals surface area contributed by atoms with Crippen molar-refractivity contribution in [2.75, 3.05) is 13.2 Å². The number of esters is 1. The molecular weight excluding hydrogens is 389 g/mol. The topological polar surface area (TPSA) is 73.2 Å². The van der Waals surface area contributed by atoms with E-state index in [1.54, 1.807) is 16.8 Å². The molecule has 1 aromatic carbocycles. The minimum absolute atomic E-state index is 0.120. The third kappa shape index (κ3) is 5.02. The molecule has 3 rings (SSSR count). The van der Waals surface area contributed by atoms with E-state index in [4.69, 9.17) is 27.9 Å². The maximum absolute atomic E-state index is 12.2. The molecule has 1 aromatic heterocycles. The molecule has 1 heterocycles. The van der Waals surface area contributed by atoms with Gasteiger partial charge >= 0.3 is 5.97 Å². The average molecular weight is 410 g/mol. The first-order valence-electron chi connectivity index (χ1n) is 8.78. The number of hydrogen-bond acceptors (Lipinski definition) is 4. The number of amides is 1. The molecule has 1 amide bonds. The molecule has 0 saturated heterocycles. The van der Waals surface area contributed by atoms with Crippen molar-refractivity contribution in [1.82, 2.24) is 15.1 Å². The van der Waals surface area contributed by atoms with E-state index in [1.807, 2.05) is 19.9 Å². The molecule has 6 nitrogen and oxygen atoms in total. The molecular formula is C19H21Cl2N3O3. The first kappa shape index (κ1) is 19.7. The van der Waals surface area contributed by atoms with Crippen molar-refractivity contribution in [1.29, 1.82) is 0 Å². The molecule has 2 aromatic rings.